The van der Waals surface area contributed by atoms with E-state index in [4.69, 9.17) is 26.1 Å². The fourth-order valence-electron chi connectivity index (χ4n) is 3.94. The summed E-state index contributed by atoms with van der Waals surface area (Å²) in [6.07, 6.45) is 1.92. The van der Waals surface area contributed by atoms with Gasteiger partial charge in [-0.1, -0.05) is 53.3 Å². The highest BCUT2D eigenvalue weighted by Gasteiger charge is 2.28. The number of amides is 1. The zero-order valence-electron chi connectivity index (χ0n) is 17.0. The Kier molecular flexibility index (Phi) is 5.52. The van der Waals surface area contributed by atoms with Crippen LogP contribution in [0, 0.1) is 0 Å². The minimum atomic E-state index is -0.101. The van der Waals surface area contributed by atoms with Crippen LogP contribution in [0.15, 0.2) is 54.6 Å². The summed E-state index contributed by atoms with van der Waals surface area (Å²) in [5.74, 6) is 0.535. The van der Waals surface area contributed by atoms with Crippen molar-refractivity contribution in [2.75, 3.05) is 25.2 Å². The fraction of sp³-hybridized carbons (Fsp3) is 0.250. The molecule has 158 valence electrons. The maximum atomic E-state index is 13.7. The first-order valence-electron chi connectivity index (χ1n) is 10.2. The number of fused-ring (bicyclic) bond motifs is 2. The number of thiazole rings is 1. The number of carbonyl (C=O) groups excluding carboxylic acids is 1. The number of methoxy groups -OCH3 is 1. The van der Waals surface area contributed by atoms with E-state index >= 15 is 0 Å². The maximum absolute atomic E-state index is 13.7. The number of nitrogens with zero attached hydrogens (tertiary/aromatic N) is 2. The second kappa shape index (κ2) is 8.46. The van der Waals surface area contributed by atoms with E-state index in [1.165, 1.54) is 11.3 Å². The zero-order chi connectivity index (χ0) is 21.4. The second-order valence-electron chi connectivity index (χ2n) is 7.54. The number of hydrogen-bond donors (Lipinski definition) is 0. The summed E-state index contributed by atoms with van der Waals surface area (Å²) in [6, 6.07) is 17.4. The van der Waals surface area contributed by atoms with Gasteiger partial charge in [-0.15, -0.1) is 0 Å². The first-order chi connectivity index (χ1) is 15.1. The summed E-state index contributed by atoms with van der Waals surface area (Å²) in [6.45, 7) is 1.17. The number of anilines is 1. The van der Waals surface area contributed by atoms with Crippen molar-refractivity contribution in [2.45, 2.75) is 18.9 Å². The molecule has 0 aliphatic carbocycles. The average Bonchev–Trinajstić information content (AvgIpc) is 3.47. The molecule has 0 saturated carbocycles. The Morgan fingerprint density at radius 2 is 2.06 bits per heavy atom. The van der Waals surface area contributed by atoms with Crippen LogP contribution >= 0.6 is 22.9 Å². The number of halogens is 1. The first kappa shape index (κ1) is 20.2. The number of ether oxygens (including phenoxy) is 2. The van der Waals surface area contributed by atoms with Gasteiger partial charge in [0.25, 0.3) is 5.91 Å². The molecule has 0 radical (unpaired) electrons. The van der Waals surface area contributed by atoms with Gasteiger partial charge >= 0.3 is 0 Å². The van der Waals surface area contributed by atoms with Crippen LogP contribution in [0.1, 0.15) is 23.2 Å². The third-order valence-corrected chi connectivity index (χ3v) is 7.09. The molecule has 1 atom stereocenters. The number of carbonyl (C=O) groups is 1. The Hall–Kier alpha value is -2.67. The summed E-state index contributed by atoms with van der Waals surface area (Å²) < 4.78 is 12.1. The number of aromatic nitrogens is 1. The molecule has 2 heterocycles. The molecule has 0 N–H and O–H groups in total. The Morgan fingerprint density at radius 3 is 2.84 bits per heavy atom. The maximum Gasteiger partial charge on any atom is 0.260 e. The van der Waals surface area contributed by atoms with Gasteiger partial charge in [-0.3, -0.25) is 9.69 Å². The van der Waals surface area contributed by atoms with Gasteiger partial charge in [0.05, 0.1) is 29.5 Å². The van der Waals surface area contributed by atoms with E-state index < -0.39 is 0 Å². The molecule has 1 amide bonds. The van der Waals surface area contributed by atoms with E-state index in [9.17, 15) is 4.79 Å². The van der Waals surface area contributed by atoms with Crippen molar-refractivity contribution in [2.24, 2.45) is 0 Å². The van der Waals surface area contributed by atoms with Gasteiger partial charge in [0, 0.05) is 12.2 Å². The molecule has 1 saturated heterocycles. The predicted octanol–water partition coefficient (Wildman–Crippen LogP) is 5.94. The number of rotatable bonds is 5. The average molecular weight is 453 g/mol. The minimum Gasteiger partial charge on any atom is -0.494 e. The summed E-state index contributed by atoms with van der Waals surface area (Å²) in [5.41, 5.74) is 1.28. The van der Waals surface area contributed by atoms with Crippen LogP contribution in [-0.4, -0.2) is 37.3 Å². The lowest BCUT2D eigenvalue weighted by atomic mass is 10.1. The van der Waals surface area contributed by atoms with Gasteiger partial charge in [-0.2, -0.15) is 0 Å². The molecule has 7 heteroatoms. The van der Waals surface area contributed by atoms with E-state index in [0.717, 1.165) is 34.9 Å². The standard InChI is InChI=1S/C24H21ClN2O3S/c1-29-20-11-10-19(25)22-21(20)26-24(31-22)27(14-18-7-4-12-30-18)23(28)17-9-8-15-5-2-3-6-16(15)13-17/h2-3,5-6,8-11,13,18H,4,7,12,14H2,1H3. The quantitative estimate of drug-likeness (QED) is 0.376. The van der Waals surface area contributed by atoms with E-state index in [1.807, 2.05) is 42.5 Å². The van der Waals surface area contributed by atoms with Gasteiger partial charge in [0.2, 0.25) is 0 Å². The van der Waals surface area contributed by atoms with Crippen molar-refractivity contribution in [3.63, 3.8) is 0 Å². The molecular formula is C24H21ClN2O3S. The van der Waals surface area contributed by atoms with Crippen LogP contribution in [-0.2, 0) is 4.74 Å². The monoisotopic (exact) mass is 452 g/mol. The second-order valence-corrected chi connectivity index (χ2v) is 8.92. The third kappa shape index (κ3) is 3.87. The Balaban J connectivity index is 1.58. The number of hydrogen-bond acceptors (Lipinski definition) is 5. The highest BCUT2D eigenvalue weighted by atomic mass is 35.5. The zero-order valence-corrected chi connectivity index (χ0v) is 18.6. The lowest BCUT2D eigenvalue weighted by Crippen LogP contribution is -2.37. The van der Waals surface area contributed by atoms with Crippen LogP contribution in [0.5, 0.6) is 5.75 Å². The van der Waals surface area contributed by atoms with Gasteiger partial charge < -0.3 is 9.47 Å². The molecule has 1 fully saturated rings. The summed E-state index contributed by atoms with van der Waals surface area (Å²) in [7, 11) is 1.60. The molecule has 31 heavy (non-hydrogen) atoms. The summed E-state index contributed by atoms with van der Waals surface area (Å²) in [5, 5.41) is 3.31. The molecule has 1 unspecified atom stereocenters. The van der Waals surface area contributed by atoms with Gasteiger partial charge in [-0.25, -0.2) is 4.98 Å². The molecule has 0 bridgehead atoms. The molecule has 1 aromatic heterocycles. The molecule has 3 aromatic carbocycles. The summed E-state index contributed by atoms with van der Waals surface area (Å²) >= 11 is 7.82. The highest BCUT2D eigenvalue weighted by molar-refractivity contribution is 7.23. The van der Waals surface area contributed by atoms with E-state index in [-0.39, 0.29) is 12.0 Å². The molecule has 0 spiro atoms. The molecular weight excluding hydrogens is 432 g/mol. The Morgan fingerprint density at radius 1 is 1.23 bits per heavy atom. The van der Waals surface area contributed by atoms with E-state index in [0.29, 0.717) is 33.5 Å². The van der Waals surface area contributed by atoms with Crippen molar-refractivity contribution in [1.29, 1.82) is 0 Å². The van der Waals surface area contributed by atoms with Crippen LogP contribution in [0.25, 0.3) is 21.0 Å². The SMILES string of the molecule is COc1ccc(Cl)c2sc(N(CC3CCCO3)C(=O)c3ccc4ccccc4c3)nc12. The number of benzene rings is 3. The predicted molar refractivity (Wildman–Crippen MR) is 126 cm³/mol. The van der Waals surface area contributed by atoms with E-state index in [1.54, 1.807) is 24.1 Å². The molecule has 1 aliphatic rings. The largest absolute Gasteiger partial charge is 0.494 e. The summed E-state index contributed by atoms with van der Waals surface area (Å²) in [4.78, 5) is 20.1. The van der Waals surface area contributed by atoms with Gasteiger partial charge in [0.15, 0.2) is 5.13 Å². The van der Waals surface area contributed by atoms with Crippen molar-refractivity contribution in [3.05, 3.63) is 65.2 Å². The van der Waals surface area contributed by atoms with Crippen LogP contribution in [0.3, 0.4) is 0 Å². The third-order valence-electron chi connectivity index (χ3n) is 5.55. The minimum absolute atomic E-state index is 0.00575. The lowest BCUT2D eigenvalue weighted by molar-refractivity contribution is 0.0917. The Bertz CT molecular complexity index is 1270. The first-order valence-corrected chi connectivity index (χ1v) is 11.4. The van der Waals surface area contributed by atoms with Crippen molar-refractivity contribution in [3.8, 4) is 5.75 Å². The molecule has 4 aromatic rings. The smallest absolute Gasteiger partial charge is 0.260 e. The lowest BCUT2D eigenvalue weighted by Gasteiger charge is -2.23. The van der Waals surface area contributed by atoms with Crippen LogP contribution in [0.4, 0.5) is 5.13 Å². The topological polar surface area (TPSA) is 51.7 Å². The van der Waals surface area contributed by atoms with E-state index in [2.05, 4.69) is 0 Å². The van der Waals surface area contributed by atoms with Gasteiger partial charge in [0.1, 0.15) is 11.3 Å². The molecule has 5 nitrogen and oxygen atoms in total. The van der Waals surface area contributed by atoms with Crippen LogP contribution in [0.2, 0.25) is 5.02 Å². The highest BCUT2D eigenvalue weighted by Crippen LogP contribution is 2.39. The van der Waals surface area contributed by atoms with Crippen molar-refractivity contribution >= 4 is 55.0 Å². The normalized spacial score (nSPS) is 16.1. The van der Waals surface area contributed by atoms with Crippen molar-refractivity contribution < 1.29 is 14.3 Å². The Labute approximate surface area is 189 Å². The molecule has 5 rings (SSSR count). The van der Waals surface area contributed by atoms with Crippen molar-refractivity contribution in [1.82, 2.24) is 4.98 Å². The van der Waals surface area contributed by atoms with Gasteiger partial charge in [-0.05, 0) is 47.9 Å². The molecule has 1 aliphatic heterocycles. The van der Waals surface area contributed by atoms with Crippen LogP contribution < -0.4 is 9.64 Å². The fourth-order valence-corrected chi connectivity index (χ4v) is 5.20.